The molecule has 0 saturated carbocycles. The molecule has 0 amide bonds. The molecule has 0 saturated heterocycles. The summed E-state index contributed by atoms with van der Waals surface area (Å²) in [5.41, 5.74) is 2.60. The number of hydrogen-bond acceptors (Lipinski definition) is 1. The van der Waals surface area contributed by atoms with Crippen LogP contribution in [0.15, 0.2) is 36.9 Å². The summed E-state index contributed by atoms with van der Waals surface area (Å²) < 4.78 is 0. The van der Waals surface area contributed by atoms with Gasteiger partial charge in [-0.15, -0.1) is 6.58 Å². The fourth-order valence-electron chi connectivity index (χ4n) is 1.51. The molecule has 1 aromatic rings. The Morgan fingerprint density at radius 1 is 1.29 bits per heavy atom. The van der Waals surface area contributed by atoms with Crippen LogP contribution in [0, 0.1) is 6.92 Å². The molecule has 0 bridgehead atoms. The van der Waals surface area contributed by atoms with Crippen LogP contribution < -0.4 is 4.90 Å². The number of nitrogens with zero attached hydrogens (tertiary/aromatic N) is 1. The second-order valence-corrected chi connectivity index (χ2v) is 3.57. The van der Waals surface area contributed by atoms with E-state index in [1.54, 1.807) is 0 Å². The SMILES string of the molecule is C=CCN(CCC)c1ccc(C)cc1. The summed E-state index contributed by atoms with van der Waals surface area (Å²) >= 11 is 0. The highest BCUT2D eigenvalue weighted by Gasteiger charge is 2.01. The molecule has 1 rings (SSSR count). The first-order chi connectivity index (χ1) is 6.77. The first-order valence-electron chi connectivity index (χ1n) is 5.20. The number of aryl methyl sites for hydroxylation is 1. The van der Waals surface area contributed by atoms with Gasteiger partial charge in [0.1, 0.15) is 0 Å². The monoisotopic (exact) mass is 189 g/mol. The van der Waals surface area contributed by atoms with Gasteiger partial charge >= 0.3 is 0 Å². The van der Waals surface area contributed by atoms with E-state index in [9.17, 15) is 0 Å². The standard InChI is InChI=1S/C13H19N/c1-4-10-14(11-5-2)13-8-6-12(3)7-9-13/h4,6-9H,1,5,10-11H2,2-3H3. The summed E-state index contributed by atoms with van der Waals surface area (Å²) in [6.45, 7) is 10.1. The minimum Gasteiger partial charge on any atom is -0.368 e. The van der Waals surface area contributed by atoms with Crippen molar-refractivity contribution in [1.29, 1.82) is 0 Å². The highest BCUT2D eigenvalue weighted by atomic mass is 15.1. The Hall–Kier alpha value is -1.24. The molecule has 0 aliphatic heterocycles. The largest absolute Gasteiger partial charge is 0.368 e. The molecule has 14 heavy (non-hydrogen) atoms. The van der Waals surface area contributed by atoms with Crippen LogP contribution in [-0.2, 0) is 0 Å². The van der Waals surface area contributed by atoms with Gasteiger partial charge in [-0.25, -0.2) is 0 Å². The number of anilines is 1. The zero-order valence-corrected chi connectivity index (χ0v) is 9.16. The van der Waals surface area contributed by atoms with Crippen molar-refractivity contribution in [1.82, 2.24) is 0 Å². The van der Waals surface area contributed by atoms with Gasteiger partial charge < -0.3 is 4.90 Å². The number of hydrogen-bond donors (Lipinski definition) is 0. The van der Waals surface area contributed by atoms with Crippen molar-refractivity contribution in [2.75, 3.05) is 18.0 Å². The van der Waals surface area contributed by atoms with Crippen molar-refractivity contribution in [2.45, 2.75) is 20.3 Å². The molecule has 0 heterocycles. The second kappa shape index (κ2) is 5.48. The Morgan fingerprint density at radius 3 is 2.43 bits per heavy atom. The van der Waals surface area contributed by atoms with Gasteiger partial charge in [0.2, 0.25) is 0 Å². The zero-order valence-electron chi connectivity index (χ0n) is 9.16. The molecule has 0 atom stereocenters. The molecule has 0 aliphatic rings. The molecule has 1 aromatic carbocycles. The summed E-state index contributed by atoms with van der Waals surface area (Å²) in [4.78, 5) is 2.34. The number of rotatable bonds is 5. The van der Waals surface area contributed by atoms with Crippen LogP contribution >= 0.6 is 0 Å². The molecule has 0 unspecified atom stereocenters. The maximum Gasteiger partial charge on any atom is 0.0369 e. The lowest BCUT2D eigenvalue weighted by molar-refractivity contribution is 0.816. The molecule has 0 radical (unpaired) electrons. The van der Waals surface area contributed by atoms with Gasteiger partial charge in [-0.2, -0.15) is 0 Å². The van der Waals surface area contributed by atoms with Crippen molar-refractivity contribution in [3.8, 4) is 0 Å². The minimum absolute atomic E-state index is 0.927. The minimum atomic E-state index is 0.927. The third-order valence-corrected chi connectivity index (χ3v) is 2.24. The van der Waals surface area contributed by atoms with Crippen LogP contribution in [0.1, 0.15) is 18.9 Å². The average Bonchev–Trinajstić information content (AvgIpc) is 2.19. The fourth-order valence-corrected chi connectivity index (χ4v) is 1.51. The Morgan fingerprint density at radius 2 is 1.93 bits per heavy atom. The Balaban J connectivity index is 2.76. The molecule has 1 heteroatoms. The molecule has 76 valence electrons. The van der Waals surface area contributed by atoms with Gasteiger partial charge in [0.05, 0.1) is 0 Å². The van der Waals surface area contributed by atoms with E-state index >= 15 is 0 Å². The third-order valence-electron chi connectivity index (χ3n) is 2.24. The van der Waals surface area contributed by atoms with Crippen molar-refractivity contribution < 1.29 is 0 Å². The van der Waals surface area contributed by atoms with Gasteiger partial charge in [-0.3, -0.25) is 0 Å². The fraction of sp³-hybridized carbons (Fsp3) is 0.385. The third kappa shape index (κ3) is 2.91. The Bertz CT molecular complexity index is 274. The van der Waals surface area contributed by atoms with E-state index in [2.05, 4.69) is 49.6 Å². The van der Waals surface area contributed by atoms with Crippen molar-refractivity contribution >= 4 is 5.69 Å². The Labute approximate surface area is 87.1 Å². The first-order valence-corrected chi connectivity index (χ1v) is 5.20. The molecular weight excluding hydrogens is 170 g/mol. The molecule has 0 fully saturated rings. The first kappa shape index (κ1) is 10.8. The predicted octanol–water partition coefficient (Wildman–Crippen LogP) is 3.40. The highest BCUT2D eigenvalue weighted by Crippen LogP contribution is 2.15. The summed E-state index contributed by atoms with van der Waals surface area (Å²) in [5.74, 6) is 0. The number of benzene rings is 1. The van der Waals surface area contributed by atoms with Crippen molar-refractivity contribution in [3.05, 3.63) is 42.5 Å². The van der Waals surface area contributed by atoms with Crippen molar-refractivity contribution in [3.63, 3.8) is 0 Å². The molecule has 0 aliphatic carbocycles. The molecular formula is C13H19N. The summed E-state index contributed by atoms with van der Waals surface area (Å²) in [7, 11) is 0. The van der Waals surface area contributed by atoms with E-state index in [1.165, 1.54) is 17.7 Å². The second-order valence-electron chi connectivity index (χ2n) is 3.57. The normalized spacial score (nSPS) is 9.86. The quantitative estimate of drug-likeness (QED) is 0.642. The van der Waals surface area contributed by atoms with Crippen LogP contribution in [0.25, 0.3) is 0 Å². The smallest absolute Gasteiger partial charge is 0.0369 e. The van der Waals surface area contributed by atoms with E-state index in [1.807, 2.05) is 6.08 Å². The molecule has 1 nitrogen and oxygen atoms in total. The van der Waals surface area contributed by atoms with Crippen LogP contribution in [-0.4, -0.2) is 13.1 Å². The lowest BCUT2D eigenvalue weighted by atomic mass is 10.2. The van der Waals surface area contributed by atoms with Gasteiger partial charge in [0.15, 0.2) is 0 Å². The molecule has 0 spiro atoms. The van der Waals surface area contributed by atoms with E-state index in [0.717, 1.165) is 13.1 Å². The van der Waals surface area contributed by atoms with Gasteiger partial charge in [0, 0.05) is 18.8 Å². The molecule has 0 aromatic heterocycles. The van der Waals surface area contributed by atoms with Crippen LogP contribution in [0.3, 0.4) is 0 Å². The summed E-state index contributed by atoms with van der Waals surface area (Å²) in [6.07, 6.45) is 3.12. The van der Waals surface area contributed by atoms with E-state index in [4.69, 9.17) is 0 Å². The summed E-state index contributed by atoms with van der Waals surface area (Å²) in [6, 6.07) is 8.66. The van der Waals surface area contributed by atoms with Crippen LogP contribution in [0.4, 0.5) is 5.69 Å². The predicted molar refractivity (Wildman–Crippen MR) is 63.9 cm³/mol. The van der Waals surface area contributed by atoms with E-state index in [-0.39, 0.29) is 0 Å². The summed E-state index contributed by atoms with van der Waals surface area (Å²) in [5, 5.41) is 0. The zero-order chi connectivity index (χ0) is 10.4. The topological polar surface area (TPSA) is 3.24 Å². The lowest BCUT2D eigenvalue weighted by Crippen LogP contribution is -2.23. The van der Waals surface area contributed by atoms with E-state index in [0.29, 0.717) is 0 Å². The lowest BCUT2D eigenvalue weighted by Gasteiger charge is -2.22. The maximum atomic E-state index is 3.78. The van der Waals surface area contributed by atoms with E-state index < -0.39 is 0 Å². The van der Waals surface area contributed by atoms with Gasteiger partial charge in [-0.1, -0.05) is 30.7 Å². The maximum absolute atomic E-state index is 3.78. The van der Waals surface area contributed by atoms with Gasteiger partial charge in [-0.05, 0) is 25.5 Å². The van der Waals surface area contributed by atoms with Crippen LogP contribution in [0.5, 0.6) is 0 Å². The average molecular weight is 189 g/mol. The molecule has 0 N–H and O–H groups in total. The Kier molecular flexibility index (Phi) is 4.24. The highest BCUT2D eigenvalue weighted by molar-refractivity contribution is 5.47. The van der Waals surface area contributed by atoms with Crippen molar-refractivity contribution in [2.24, 2.45) is 0 Å². The van der Waals surface area contributed by atoms with Gasteiger partial charge in [0.25, 0.3) is 0 Å². The van der Waals surface area contributed by atoms with Crippen LogP contribution in [0.2, 0.25) is 0 Å².